The van der Waals surface area contributed by atoms with Gasteiger partial charge in [-0.15, -0.1) is 10.2 Å². The summed E-state index contributed by atoms with van der Waals surface area (Å²) in [6, 6.07) is 9.38. The molecule has 0 aliphatic heterocycles. The monoisotopic (exact) mass is 315 g/mol. The van der Waals surface area contributed by atoms with Gasteiger partial charge in [0.15, 0.2) is 0 Å². The minimum Gasteiger partial charge on any atom is -0.354 e. The number of amides is 1. The average molecular weight is 315 g/mol. The average Bonchev–Trinajstić information content (AvgIpc) is 3.03. The Labute approximate surface area is 137 Å². The summed E-state index contributed by atoms with van der Waals surface area (Å²) >= 11 is 0. The van der Waals surface area contributed by atoms with Crippen molar-refractivity contribution in [3.8, 4) is 0 Å². The zero-order valence-electron chi connectivity index (χ0n) is 13.9. The number of aromatic nitrogens is 3. The second-order valence-electron chi connectivity index (χ2n) is 6.05. The van der Waals surface area contributed by atoms with Gasteiger partial charge in [0, 0.05) is 25.0 Å². The Morgan fingerprint density at radius 1 is 1.26 bits per heavy atom. The van der Waals surface area contributed by atoms with Gasteiger partial charge in [0.05, 0.1) is 5.92 Å². The number of benzene rings is 1. The van der Waals surface area contributed by atoms with Crippen LogP contribution in [0.4, 0.5) is 0 Å². The zero-order chi connectivity index (χ0) is 16.8. The highest BCUT2D eigenvalue weighted by molar-refractivity contribution is 5.79. The third-order valence-corrected chi connectivity index (χ3v) is 3.95. The number of hydrogen-bond donors (Lipinski definition) is 2. The summed E-state index contributed by atoms with van der Waals surface area (Å²) in [6.07, 6.45) is 1.70. The fourth-order valence-corrected chi connectivity index (χ4v) is 2.47. The van der Waals surface area contributed by atoms with Gasteiger partial charge in [-0.25, -0.2) is 0 Å². The Morgan fingerprint density at radius 2 is 1.96 bits per heavy atom. The van der Waals surface area contributed by atoms with Gasteiger partial charge in [0.25, 0.3) is 0 Å². The molecule has 6 nitrogen and oxygen atoms in total. The van der Waals surface area contributed by atoms with E-state index in [9.17, 15) is 4.79 Å². The fraction of sp³-hybridized carbons (Fsp3) is 0.471. The number of carbonyl (C=O) groups is 1. The van der Waals surface area contributed by atoms with E-state index < -0.39 is 0 Å². The van der Waals surface area contributed by atoms with Crippen LogP contribution in [-0.4, -0.2) is 27.2 Å². The molecule has 1 aromatic carbocycles. The molecule has 6 heteroatoms. The largest absolute Gasteiger partial charge is 0.354 e. The molecular formula is C17H25N5O. The van der Waals surface area contributed by atoms with Gasteiger partial charge in [-0.2, -0.15) is 0 Å². The normalized spacial score (nSPS) is 13.8. The number of rotatable bonds is 7. The molecule has 0 aliphatic rings. The van der Waals surface area contributed by atoms with Crippen molar-refractivity contribution in [3.63, 3.8) is 0 Å². The molecule has 2 unspecified atom stereocenters. The van der Waals surface area contributed by atoms with E-state index in [0.717, 1.165) is 11.4 Å². The first kappa shape index (κ1) is 17.1. The highest BCUT2D eigenvalue weighted by Crippen LogP contribution is 2.19. The van der Waals surface area contributed by atoms with Crippen LogP contribution in [-0.2, 0) is 11.3 Å². The number of hydrogen-bond acceptors (Lipinski definition) is 4. The Hall–Kier alpha value is -2.21. The lowest BCUT2D eigenvalue weighted by Crippen LogP contribution is -2.37. The molecule has 3 N–H and O–H groups in total. The third kappa shape index (κ3) is 4.39. The summed E-state index contributed by atoms with van der Waals surface area (Å²) in [5.74, 6) is 0.898. The lowest BCUT2D eigenvalue weighted by molar-refractivity contribution is -0.125. The smallest absolute Gasteiger partial charge is 0.224 e. The standard InChI is InChI=1S/C17H25N5O/c1-12(2)16-21-20-11-22(16)10-9-19-17(23)13(3)15(18)14-7-5-4-6-8-14/h4-8,11-13,15H,9-10,18H2,1-3H3,(H,19,23). The van der Waals surface area contributed by atoms with Crippen molar-refractivity contribution in [1.82, 2.24) is 20.1 Å². The van der Waals surface area contributed by atoms with Crippen LogP contribution in [0.3, 0.4) is 0 Å². The van der Waals surface area contributed by atoms with E-state index in [1.54, 1.807) is 6.33 Å². The zero-order valence-corrected chi connectivity index (χ0v) is 13.9. The van der Waals surface area contributed by atoms with Gasteiger partial charge in [0.2, 0.25) is 5.91 Å². The lowest BCUT2D eigenvalue weighted by atomic mass is 9.95. The van der Waals surface area contributed by atoms with Gasteiger partial charge in [-0.1, -0.05) is 51.1 Å². The van der Waals surface area contributed by atoms with Gasteiger partial charge in [-0.05, 0) is 5.56 Å². The van der Waals surface area contributed by atoms with Crippen molar-refractivity contribution < 1.29 is 4.79 Å². The second kappa shape index (κ2) is 7.87. The SMILES string of the molecule is CC(C)c1nncn1CCNC(=O)C(C)C(N)c1ccccc1. The maximum atomic E-state index is 12.3. The van der Waals surface area contributed by atoms with E-state index in [4.69, 9.17) is 5.73 Å². The number of nitrogens with zero attached hydrogens (tertiary/aromatic N) is 3. The van der Waals surface area contributed by atoms with Crippen LogP contribution in [0.15, 0.2) is 36.7 Å². The van der Waals surface area contributed by atoms with E-state index in [-0.39, 0.29) is 17.9 Å². The molecule has 2 atom stereocenters. The van der Waals surface area contributed by atoms with Gasteiger partial charge in [0.1, 0.15) is 12.2 Å². The summed E-state index contributed by atoms with van der Waals surface area (Å²) in [7, 11) is 0. The minimum atomic E-state index is -0.308. The summed E-state index contributed by atoms with van der Waals surface area (Å²) in [5.41, 5.74) is 7.15. The van der Waals surface area contributed by atoms with E-state index in [2.05, 4.69) is 29.4 Å². The molecule has 2 rings (SSSR count). The maximum absolute atomic E-state index is 12.3. The first-order chi connectivity index (χ1) is 11.0. The molecule has 0 aliphatic carbocycles. The first-order valence-corrected chi connectivity index (χ1v) is 7.96. The molecule has 0 radical (unpaired) electrons. The van der Waals surface area contributed by atoms with Crippen molar-refractivity contribution in [2.75, 3.05) is 6.54 Å². The summed E-state index contributed by atoms with van der Waals surface area (Å²) in [5, 5.41) is 11.0. The first-order valence-electron chi connectivity index (χ1n) is 7.96. The molecule has 0 bridgehead atoms. The van der Waals surface area contributed by atoms with Gasteiger partial charge in [-0.3, -0.25) is 4.79 Å². The summed E-state index contributed by atoms with van der Waals surface area (Å²) < 4.78 is 1.97. The molecule has 124 valence electrons. The fourth-order valence-electron chi connectivity index (χ4n) is 2.47. The molecule has 2 aromatic rings. The Kier molecular flexibility index (Phi) is 5.87. The molecule has 0 saturated heterocycles. The second-order valence-corrected chi connectivity index (χ2v) is 6.05. The molecule has 0 spiro atoms. The summed E-state index contributed by atoms with van der Waals surface area (Å²) in [4.78, 5) is 12.3. The van der Waals surface area contributed by atoms with Crippen LogP contribution < -0.4 is 11.1 Å². The van der Waals surface area contributed by atoms with Crippen molar-refractivity contribution in [2.24, 2.45) is 11.7 Å². The van der Waals surface area contributed by atoms with E-state index in [1.165, 1.54) is 0 Å². The van der Waals surface area contributed by atoms with Crippen LogP contribution in [0.2, 0.25) is 0 Å². The molecular weight excluding hydrogens is 290 g/mol. The number of nitrogens with two attached hydrogens (primary N) is 1. The summed E-state index contributed by atoms with van der Waals surface area (Å²) in [6.45, 7) is 7.17. The van der Waals surface area contributed by atoms with E-state index in [0.29, 0.717) is 19.0 Å². The Balaban J connectivity index is 1.86. The van der Waals surface area contributed by atoms with Crippen LogP contribution in [0.25, 0.3) is 0 Å². The third-order valence-electron chi connectivity index (χ3n) is 3.95. The maximum Gasteiger partial charge on any atom is 0.224 e. The van der Waals surface area contributed by atoms with Crippen molar-refractivity contribution in [1.29, 1.82) is 0 Å². The topological polar surface area (TPSA) is 85.8 Å². The van der Waals surface area contributed by atoms with Crippen molar-refractivity contribution in [3.05, 3.63) is 48.0 Å². The molecule has 1 heterocycles. The van der Waals surface area contributed by atoms with E-state index in [1.807, 2.05) is 41.8 Å². The lowest BCUT2D eigenvalue weighted by Gasteiger charge is -2.20. The molecule has 1 aromatic heterocycles. The van der Waals surface area contributed by atoms with Gasteiger partial charge >= 0.3 is 0 Å². The number of nitrogens with one attached hydrogen (secondary N) is 1. The van der Waals surface area contributed by atoms with Crippen LogP contribution in [0.5, 0.6) is 0 Å². The predicted octanol–water partition coefficient (Wildman–Crippen LogP) is 1.85. The minimum absolute atomic E-state index is 0.0412. The molecule has 0 fully saturated rings. The van der Waals surface area contributed by atoms with Crippen molar-refractivity contribution in [2.45, 2.75) is 39.3 Å². The Morgan fingerprint density at radius 3 is 2.61 bits per heavy atom. The molecule has 23 heavy (non-hydrogen) atoms. The Bertz CT molecular complexity index is 623. The van der Waals surface area contributed by atoms with E-state index >= 15 is 0 Å². The van der Waals surface area contributed by atoms with Crippen LogP contribution in [0.1, 0.15) is 44.1 Å². The molecule has 0 saturated carbocycles. The number of carbonyl (C=O) groups excluding carboxylic acids is 1. The predicted molar refractivity (Wildman–Crippen MR) is 89.7 cm³/mol. The van der Waals surface area contributed by atoms with Gasteiger partial charge < -0.3 is 15.6 Å². The van der Waals surface area contributed by atoms with Crippen LogP contribution >= 0.6 is 0 Å². The van der Waals surface area contributed by atoms with Crippen LogP contribution in [0, 0.1) is 5.92 Å². The molecule has 1 amide bonds. The highest BCUT2D eigenvalue weighted by Gasteiger charge is 2.21. The van der Waals surface area contributed by atoms with Crippen molar-refractivity contribution >= 4 is 5.91 Å². The highest BCUT2D eigenvalue weighted by atomic mass is 16.1. The quantitative estimate of drug-likeness (QED) is 0.816.